The van der Waals surface area contributed by atoms with Crippen molar-refractivity contribution in [3.8, 4) is 0 Å². The molecule has 2 aliphatic heterocycles. The van der Waals surface area contributed by atoms with Crippen LogP contribution < -0.4 is 22.9 Å². The van der Waals surface area contributed by atoms with Crippen LogP contribution in [0, 0.1) is 0 Å². The number of hydrogen-bond donors (Lipinski definition) is 11. The summed E-state index contributed by atoms with van der Waals surface area (Å²) in [6.45, 7) is -0.763. The quantitative estimate of drug-likeness (QED) is 0.167. The van der Waals surface area contributed by atoms with Gasteiger partial charge in [0.25, 0.3) is 0 Å². The molecule has 3 aliphatic rings. The second-order valence-corrected chi connectivity index (χ2v) is 8.79. The number of aliphatic hydroxyl groups excluding tert-OH is 7. The number of rotatable bonds is 6. The molecule has 0 aromatic carbocycles. The van der Waals surface area contributed by atoms with Crippen molar-refractivity contribution in [2.75, 3.05) is 13.2 Å². The molecule has 15 heteroatoms. The summed E-state index contributed by atoms with van der Waals surface area (Å²) < 4.78 is 22.2. The molecular weight excluding hydrogens is 448 g/mol. The summed E-state index contributed by atoms with van der Waals surface area (Å²) in [6, 6.07) is -2.86. The molecule has 33 heavy (non-hydrogen) atoms. The van der Waals surface area contributed by atoms with E-state index in [0.717, 1.165) is 0 Å². The van der Waals surface area contributed by atoms with Crippen LogP contribution in [0.15, 0.2) is 0 Å². The van der Waals surface area contributed by atoms with Crippen molar-refractivity contribution in [2.24, 2.45) is 22.9 Å². The highest BCUT2D eigenvalue weighted by Crippen LogP contribution is 2.31. The highest BCUT2D eigenvalue weighted by molar-refractivity contribution is 5.01. The summed E-state index contributed by atoms with van der Waals surface area (Å²) in [7, 11) is 0. The molecule has 3 fully saturated rings. The molecular formula is C18H36N4O11. The lowest BCUT2D eigenvalue weighted by molar-refractivity contribution is -0.332. The highest BCUT2D eigenvalue weighted by atomic mass is 16.7. The zero-order valence-electron chi connectivity index (χ0n) is 17.9. The number of hydrogen-bond acceptors (Lipinski definition) is 15. The van der Waals surface area contributed by atoms with Crippen LogP contribution in [0.3, 0.4) is 0 Å². The van der Waals surface area contributed by atoms with Gasteiger partial charge in [-0.25, -0.2) is 0 Å². The molecule has 1 saturated carbocycles. The summed E-state index contributed by atoms with van der Waals surface area (Å²) in [6.07, 6.45) is -16.5. The van der Waals surface area contributed by atoms with Crippen LogP contribution >= 0.6 is 0 Å². The summed E-state index contributed by atoms with van der Waals surface area (Å²) in [5, 5.41) is 70.9. The van der Waals surface area contributed by atoms with Gasteiger partial charge in [0.1, 0.15) is 61.0 Å². The molecule has 0 aromatic heterocycles. The molecule has 0 aromatic rings. The fourth-order valence-electron chi connectivity index (χ4n) is 4.40. The molecule has 2 heterocycles. The minimum atomic E-state index is -1.66. The Morgan fingerprint density at radius 3 is 1.70 bits per heavy atom. The number of nitrogens with two attached hydrogens (primary N) is 4. The smallest absolute Gasteiger partial charge is 0.187 e. The Kier molecular flexibility index (Phi) is 8.99. The first-order valence-corrected chi connectivity index (χ1v) is 10.8. The first-order chi connectivity index (χ1) is 15.5. The zero-order valence-corrected chi connectivity index (χ0v) is 17.9. The molecule has 0 radical (unpaired) electrons. The predicted molar refractivity (Wildman–Crippen MR) is 108 cm³/mol. The third-order valence-electron chi connectivity index (χ3n) is 6.48. The first kappa shape index (κ1) is 27.0. The van der Waals surface area contributed by atoms with Gasteiger partial charge in [0.15, 0.2) is 12.6 Å². The van der Waals surface area contributed by atoms with E-state index >= 15 is 0 Å². The summed E-state index contributed by atoms with van der Waals surface area (Å²) in [5.74, 6) is 0. The van der Waals surface area contributed by atoms with Crippen LogP contribution in [0.5, 0.6) is 0 Å². The van der Waals surface area contributed by atoms with Gasteiger partial charge >= 0.3 is 0 Å². The molecule has 15 N–H and O–H groups in total. The average molecular weight is 485 g/mol. The minimum absolute atomic E-state index is 0.0849. The van der Waals surface area contributed by atoms with Gasteiger partial charge in [-0.05, 0) is 6.42 Å². The topological polar surface area (TPSA) is 283 Å². The van der Waals surface area contributed by atoms with Gasteiger partial charge in [-0.1, -0.05) is 0 Å². The van der Waals surface area contributed by atoms with E-state index in [9.17, 15) is 35.7 Å². The van der Waals surface area contributed by atoms with Gasteiger partial charge in [0, 0.05) is 18.6 Å². The first-order valence-electron chi connectivity index (χ1n) is 10.8. The maximum Gasteiger partial charge on any atom is 0.187 e. The monoisotopic (exact) mass is 484 g/mol. The van der Waals surface area contributed by atoms with E-state index in [0.29, 0.717) is 0 Å². The summed E-state index contributed by atoms with van der Waals surface area (Å²) in [5.41, 5.74) is 23.5. The fraction of sp³-hybridized carbons (Fsp3) is 1.00. The van der Waals surface area contributed by atoms with Crippen LogP contribution in [-0.2, 0) is 18.9 Å². The van der Waals surface area contributed by atoms with E-state index in [1.807, 2.05) is 0 Å². The van der Waals surface area contributed by atoms with Crippen LogP contribution in [0.1, 0.15) is 6.42 Å². The van der Waals surface area contributed by atoms with Crippen LogP contribution in [0.25, 0.3) is 0 Å². The number of aliphatic hydroxyl groups is 7. The standard InChI is InChI=1S/C18H36N4O11/c19-2-6-10(25)12(27)13(28)18(30-6)33-16-5(21)1-4(20)15(14(16)29)32-17-11(26)8(22)9(24)7(3-23)31-17/h4-18,23-29H,1-3,19-22H2/t4-,5?,6?,7?,8?,9-,10-,11-,12+,13?,14-,15?,16-,17-,18+/m1/s1. The van der Waals surface area contributed by atoms with Crippen LogP contribution in [0.2, 0.25) is 0 Å². The minimum Gasteiger partial charge on any atom is -0.394 e. The molecule has 2 saturated heterocycles. The van der Waals surface area contributed by atoms with Crippen molar-refractivity contribution >= 4 is 0 Å². The Bertz CT molecular complexity index is 584. The van der Waals surface area contributed by atoms with Crippen molar-refractivity contribution in [3.63, 3.8) is 0 Å². The van der Waals surface area contributed by atoms with Crippen molar-refractivity contribution < 1.29 is 54.7 Å². The van der Waals surface area contributed by atoms with Crippen molar-refractivity contribution in [3.05, 3.63) is 0 Å². The SMILES string of the molecule is NCC1O[C@@H](O[C@@H]2C(N)C[C@@H](N)C(O[C@H]3OC(CO)[C@@H](O)C(N)[C@H]3O)[C@H]2O)C(O)[C@@H](O)[C@@H]1O. The average Bonchev–Trinajstić information content (AvgIpc) is 2.79. The molecule has 194 valence electrons. The Morgan fingerprint density at radius 1 is 0.667 bits per heavy atom. The molecule has 6 unspecified atom stereocenters. The lowest BCUT2D eigenvalue weighted by Gasteiger charge is -2.48. The van der Waals surface area contributed by atoms with E-state index in [-0.39, 0.29) is 13.0 Å². The Balaban J connectivity index is 1.72. The number of ether oxygens (including phenoxy) is 4. The Labute approximate surface area is 189 Å². The van der Waals surface area contributed by atoms with Crippen molar-refractivity contribution in [1.29, 1.82) is 0 Å². The van der Waals surface area contributed by atoms with Gasteiger partial charge in [-0.15, -0.1) is 0 Å². The van der Waals surface area contributed by atoms with E-state index in [2.05, 4.69) is 0 Å². The normalized spacial score (nSPS) is 53.7. The molecule has 0 bridgehead atoms. The van der Waals surface area contributed by atoms with Crippen molar-refractivity contribution in [1.82, 2.24) is 0 Å². The largest absolute Gasteiger partial charge is 0.394 e. The van der Waals surface area contributed by atoms with Gasteiger partial charge in [0.2, 0.25) is 0 Å². The molecule has 15 nitrogen and oxygen atoms in total. The second-order valence-electron chi connectivity index (χ2n) is 8.79. The van der Waals surface area contributed by atoms with Crippen LogP contribution in [-0.4, -0.2) is 141 Å². The lowest BCUT2D eigenvalue weighted by atomic mass is 9.84. The molecule has 1 aliphatic carbocycles. The van der Waals surface area contributed by atoms with Gasteiger partial charge in [-0.2, -0.15) is 0 Å². The third-order valence-corrected chi connectivity index (χ3v) is 6.48. The Morgan fingerprint density at radius 2 is 1.18 bits per heavy atom. The Hall–Kier alpha value is -0.600. The van der Waals surface area contributed by atoms with Gasteiger partial charge in [0.05, 0.1) is 12.6 Å². The summed E-state index contributed by atoms with van der Waals surface area (Å²) in [4.78, 5) is 0. The van der Waals surface area contributed by atoms with Gasteiger partial charge < -0.3 is 77.6 Å². The van der Waals surface area contributed by atoms with Gasteiger partial charge in [-0.3, -0.25) is 0 Å². The zero-order chi connectivity index (χ0) is 24.6. The maximum absolute atomic E-state index is 10.9. The lowest BCUT2D eigenvalue weighted by Crippen LogP contribution is -2.68. The van der Waals surface area contributed by atoms with Crippen molar-refractivity contribution in [2.45, 2.75) is 98.2 Å². The van der Waals surface area contributed by atoms with E-state index in [1.54, 1.807) is 0 Å². The molecule has 15 atom stereocenters. The van der Waals surface area contributed by atoms with E-state index in [1.165, 1.54) is 0 Å². The van der Waals surface area contributed by atoms with E-state index in [4.69, 9.17) is 41.9 Å². The third kappa shape index (κ3) is 5.32. The van der Waals surface area contributed by atoms with Crippen LogP contribution in [0.4, 0.5) is 0 Å². The predicted octanol–water partition coefficient (Wildman–Crippen LogP) is -7.29. The van der Waals surface area contributed by atoms with E-state index < -0.39 is 98.4 Å². The highest BCUT2D eigenvalue weighted by Gasteiger charge is 2.51. The second kappa shape index (κ2) is 11.0. The molecule has 0 amide bonds. The molecule has 3 rings (SSSR count). The molecule has 0 spiro atoms. The summed E-state index contributed by atoms with van der Waals surface area (Å²) >= 11 is 0. The maximum atomic E-state index is 10.9. The fourth-order valence-corrected chi connectivity index (χ4v) is 4.40.